The first kappa shape index (κ1) is 18.2. The summed E-state index contributed by atoms with van der Waals surface area (Å²) in [4.78, 5) is 37.9. The van der Waals surface area contributed by atoms with Gasteiger partial charge in [-0.1, -0.05) is 23.7 Å². The van der Waals surface area contributed by atoms with Crippen LogP contribution in [0.15, 0.2) is 46.4 Å². The third-order valence-corrected chi connectivity index (χ3v) is 4.84. The minimum atomic E-state index is -0.844. The molecule has 0 bridgehead atoms. The van der Waals surface area contributed by atoms with E-state index in [9.17, 15) is 19.5 Å². The molecule has 0 atom stereocenters. The van der Waals surface area contributed by atoms with Gasteiger partial charge < -0.3 is 5.11 Å². The summed E-state index contributed by atoms with van der Waals surface area (Å²) in [6, 6.07) is 8.40. The third-order valence-electron chi connectivity index (χ3n) is 3.80. The van der Waals surface area contributed by atoms with Crippen LogP contribution < -0.4 is 10.2 Å². The number of amides is 4. The van der Waals surface area contributed by atoms with Crippen molar-refractivity contribution in [2.24, 2.45) is 0 Å². The lowest BCUT2D eigenvalue weighted by atomic mass is 10.1. The van der Waals surface area contributed by atoms with E-state index in [4.69, 9.17) is 11.6 Å². The molecule has 0 unspecified atom stereocenters. The smallest absolute Gasteiger partial charge is 0.335 e. The summed E-state index contributed by atoms with van der Waals surface area (Å²) in [6.07, 6.45) is 1.34. The number of phenols is 1. The number of hydrogen-bond acceptors (Lipinski definition) is 4. The molecule has 0 spiro atoms. The van der Waals surface area contributed by atoms with E-state index in [0.717, 1.165) is 10.5 Å². The van der Waals surface area contributed by atoms with Gasteiger partial charge >= 0.3 is 6.03 Å². The van der Waals surface area contributed by atoms with Crippen LogP contribution in [0.1, 0.15) is 11.1 Å². The van der Waals surface area contributed by atoms with Crippen molar-refractivity contribution in [3.8, 4) is 5.75 Å². The second kappa shape index (κ2) is 6.93. The summed E-state index contributed by atoms with van der Waals surface area (Å²) < 4.78 is 0.411. The monoisotopic (exact) mass is 434 g/mol. The lowest BCUT2D eigenvalue weighted by molar-refractivity contribution is -0.122. The molecule has 1 heterocycles. The van der Waals surface area contributed by atoms with Crippen molar-refractivity contribution in [1.29, 1.82) is 0 Å². The Kier molecular flexibility index (Phi) is 4.84. The van der Waals surface area contributed by atoms with Crippen LogP contribution in [-0.4, -0.2) is 23.0 Å². The topological polar surface area (TPSA) is 86.7 Å². The number of anilines is 1. The van der Waals surface area contributed by atoms with Gasteiger partial charge in [0, 0.05) is 5.02 Å². The Morgan fingerprint density at radius 3 is 2.54 bits per heavy atom. The second-order valence-electron chi connectivity index (χ2n) is 5.60. The van der Waals surface area contributed by atoms with Gasteiger partial charge in [-0.15, -0.1) is 0 Å². The zero-order valence-corrected chi connectivity index (χ0v) is 15.8. The van der Waals surface area contributed by atoms with Gasteiger partial charge in [0.05, 0.1) is 10.2 Å². The zero-order chi connectivity index (χ0) is 19.0. The summed E-state index contributed by atoms with van der Waals surface area (Å²) in [5, 5.41) is 12.1. The van der Waals surface area contributed by atoms with Crippen molar-refractivity contribution in [2.45, 2.75) is 6.92 Å². The fourth-order valence-electron chi connectivity index (χ4n) is 2.39. The standard InChI is InChI=1S/C18H12BrClN2O4/c1-9-2-4-11(8-14(9)20)22-17(25)12(16(24)21-18(22)26)6-10-3-5-15(23)13(19)7-10/h2-8,23H,1H3,(H,21,24,26)/b12-6-. The maximum Gasteiger partial charge on any atom is 0.335 e. The molecule has 0 aromatic heterocycles. The maximum atomic E-state index is 12.8. The van der Waals surface area contributed by atoms with E-state index in [0.29, 0.717) is 15.1 Å². The molecule has 8 heteroatoms. The highest BCUT2D eigenvalue weighted by Gasteiger charge is 2.36. The zero-order valence-electron chi connectivity index (χ0n) is 13.4. The molecule has 2 aromatic rings. The predicted molar refractivity (Wildman–Crippen MR) is 101 cm³/mol. The molecule has 2 aromatic carbocycles. The largest absolute Gasteiger partial charge is 0.507 e. The quantitative estimate of drug-likeness (QED) is 0.555. The predicted octanol–water partition coefficient (Wildman–Crippen LogP) is 3.78. The number of carbonyl (C=O) groups is 3. The van der Waals surface area contributed by atoms with Crippen molar-refractivity contribution in [3.05, 3.63) is 62.6 Å². The number of carbonyl (C=O) groups excluding carboxylic acids is 3. The summed E-state index contributed by atoms with van der Waals surface area (Å²) in [5.74, 6) is -1.53. The minimum Gasteiger partial charge on any atom is -0.507 e. The molecular weight excluding hydrogens is 424 g/mol. The molecule has 0 saturated carbocycles. The van der Waals surface area contributed by atoms with Gasteiger partial charge in [0.1, 0.15) is 11.3 Å². The van der Waals surface area contributed by atoms with E-state index in [2.05, 4.69) is 21.2 Å². The summed E-state index contributed by atoms with van der Waals surface area (Å²) in [7, 11) is 0. The lowest BCUT2D eigenvalue weighted by Crippen LogP contribution is -2.54. The first-order valence-corrected chi connectivity index (χ1v) is 8.61. The van der Waals surface area contributed by atoms with Crippen LogP contribution in [0, 0.1) is 6.92 Å². The molecule has 1 fully saturated rings. The Hall–Kier alpha value is -2.64. The van der Waals surface area contributed by atoms with Crippen molar-refractivity contribution in [2.75, 3.05) is 4.90 Å². The Morgan fingerprint density at radius 2 is 1.88 bits per heavy atom. The number of nitrogens with one attached hydrogen (secondary N) is 1. The highest BCUT2D eigenvalue weighted by atomic mass is 79.9. The van der Waals surface area contributed by atoms with Crippen LogP contribution in [0.5, 0.6) is 5.75 Å². The van der Waals surface area contributed by atoms with Crippen molar-refractivity contribution in [1.82, 2.24) is 5.32 Å². The fraction of sp³-hybridized carbons (Fsp3) is 0.0556. The summed E-state index contributed by atoms with van der Waals surface area (Å²) in [5.41, 5.74) is 1.35. The van der Waals surface area contributed by atoms with Crippen LogP contribution in [0.25, 0.3) is 6.08 Å². The molecule has 4 amide bonds. The number of nitrogens with zero attached hydrogens (tertiary/aromatic N) is 1. The highest BCUT2D eigenvalue weighted by molar-refractivity contribution is 9.10. The van der Waals surface area contributed by atoms with Crippen LogP contribution in [0.4, 0.5) is 10.5 Å². The first-order valence-electron chi connectivity index (χ1n) is 7.44. The van der Waals surface area contributed by atoms with E-state index in [1.165, 1.54) is 24.3 Å². The van der Waals surface area contributed by atoms with Crippen molar-refractivity contribution < 1.29 is 19.5 Å². The Balaban J connectivity index is 2.03. The second-order valence-corrected chi connectivity index (χ2v) is 6.86. The number of imide groups is 2. The number of aryl methyl sites for hydroxylation is 1. The van der Waals surface area contributed by atoms with Crippen LogP contribution in [0.2, 0.25) is 5.02 Å². The molecule has 1 aliphatic rings. The number of aromatic hydroxyl groups is 1. The number of rotatable bonds is 2. The molecule has 3 rings (SSSR count). The molecule has 1 saturated heterocycles. The number of urea groups is 1. The number of hydrogen-bond donors (Lipinski definition) is 2. The number of benzene rings is 2. The van der Waals surface area contributed by atoms with Gasteiger partial charge in [-0.05, 0) is 64.3 Å². The van der Waals surface area contributed by atoms with Gasteiger partial charge in [-0.2, -0.15) is 0 Å². The van der Waals surface area contributed by atoms with E-state index in [1.54, 1.807) is 25.1 Å². The molecular formula is C18H12BrClN2O4. The number of halogens is 2. The molecule has 1 aliphatic heterocycles. The van der Waals surface area contributed by atoms with Gasteiger partial charge in [-0.25, -0.2) is 9.69 Å². The van der Waals surface area contributed by atoms with Crippen LogP contribution in [-0.2, 0) is 9.59 Å². The summed E-state index contributed by atoms with van der Waals surface area (Å²) in [6.45, 7) is 1.79. The summed E-state index contributed by atoms with van der Waals surface area (Å²) >= 11 is 9.25. The first-order chi connectivity index (χ1) is 12.3. The molecule has 0 aliphatic carbocycles. The maximum absolute atomic E-state index is 12.8. The number of barbiturate groups is 1. The average molecular weight is 436 g/mol. The van der Waals surface area contributed by atoms with Crippen LogP contribution in [0.3, 0.4) is 0 Å². The SMILES string of the molecule is Cc1ccc(N2C(=O)NC(=O)/C(=C/c3ccc(O)c(Br)c3)C2=O)cc1Cl. The minimum absolute atomic E-state index is 0.0256. The van der Waals surface area contributed by atoms with Gasteiger partial charge in [0.25, 0.3) is 11.8 Å². The van der Waals surface area contributed by atoms with Gasteiger partial charge in [-0.3, -0.25) is 14.9 Å². The van der Waals surface area contributed by atoms with Gasteiger partial charge in [0.2, 0.25) is 0 Å². The average Bonchev–Trinajstić information content (AvgIpc) is 2.57. The van der Waals surface area contributed by atoms with E-state index in [1.807, 2.05) is 0 Å². The third kappa shape index (κ3) is 3.36. The van der Waals surface area contributed by atoms with Crippen molar-refractivity contribution in [3.63, 3.8) is 0 Å². The Labute approximate surface area is 162 Å². The molecule has 6 nitrogen and oxygen atoms in total. The van der Waals surface area contributed by atoms with Gasteiger partial charge in [0.15, 0.2) is 0 Å². The fourth-order valence-corrected chi connectivity index (χ4v) is 2.96. The molecule has 0 radical (unpaired) electrons. The Morgan fingerprint density at radius 1 is 1.15 bits per heavy atom. The molecule has 2 N–H and O–H groups in total. The van der Waals surface area contributed by atoms with E-state index >= 15 is 0 Å². The van der Waals surface area contributed by atoms with E-state index in [-0.39, 0.29) is 17.0 Å². The van der Waals surface area contributed by atoms with Crippen LogP contribution >= 0.6 is 27.5 Å². The van der Waals surface area contributed by atoms with Crippen molar-refractivity contribution >= 4 is 57.1 Å². The molecule has 132 valence electrons. The Bertz CT molecular complexity index is 987. The highest BCUT2D eigenvalue weighted by Crippen LogP contribution is 2.28. The molecule has 26 heavy (non-hydrogen) atoms. The van der Waals surface area contributed by atoms with E-state index < -0.39 is 17.8 Å². The number of phenolic OH excluding ortho intramolecular Hbond substituents is 1. The normalized spacial score (nSPS) is 16.2. The lowest BCUT2D eigenvalue weighted by Gasteiger charge is -2.26.